The first kappa shape index (κ1) is 17.2. The Morgan fingerprint density at radius 2 is 1.84 bits per heavy atom. The Hall–Kier alpha value is -2.68. The number of nitrogens with one attached hydrogen (secondary N) is 1. The average Bonchev–Trinajstić information content (AvgIpc) is 3.09. The summed E-state index contributed by atoms with van der Waals surface area (Å²) < 4.78 is 47.3. The molecule has 130 valence electrons. The van der Waals surface area contributed by atoms with Crippen molar-refractivity contribution in [2.24, 2.45) is 0 Å². The maximum atomic E-state index is 12.6. The van der Waals surface area contributed by atoms with Crippen molar-refractivity contribution in [1.82, 2.24) is 14.8 Å². The second-order valence-electron chi connectivity index (χ2n) is 4.96. The van der Waals surface area contributed by atoms with E-state index in [0.29, 0.717) is 5.82 Å². The molecule has 1 aromatic carbocycles. The maximum Gasteiger partial charge on any atom is 0.417 e. The molecule has 0 unspecified atom stereocenters. The van der Waals surface area contributed by atoms with Crippen LogP contribution < -0.4 is 9.46 Å². The number of benzene rings is 1. The number of rotatable bonds is 5. The number of aromatic nitrogens is 3. The van der Waals surface area contributed by atoms with Crippen molar-refractivity contribution >= 4 is 17.6 Å². The van der Waals surface area contributed by atoms with Crippen molar-refractivity contribution < 1.29 is 17.9 Å². The van der Waals surface area contributed by atoms with Gasteiger partial charge in [-0.2, -0.15) is 18.3 Å². The van der Waals surface area contributed by atoms with E-state index in [-0.39, 0.29) is 0 Å². The van der Waals surface area contributed by atoms with Crippen LogP contribution in [-0.2, 0) is 6.18 Å². The quantitative estimate of drug-likeness (QED) is 0.678. The Kier molecular flexibility index (Phi) is 4.84. The van der Waals surface area contributed by atoms with E-state index in [1.807, 2.05) is 24.3 Å². The molecule has 0 amide bonds. The van der Waals surface area contributed by atoms with Crippen LogP contribution in [0.1, 0.15) is 5.56 Å². The molecule has 1 N–H and O–H groups in total. The van der Waals surface area contributed by atoms with Crippen LogP contribution >= 0.6 is 11.9 Å². The monoisotopic (exact) mass is 366 g/mol. The summed E-state index contributed by atoms with van der Waals surface area (Å²) in [5, 5.41) is 4.11. The van der Waals surface area contributed by atoms with Crippen molar-refractivity contribution in [2.75, 3.05) is 11.8 Å². The Balaban J connectivity index is 1.65. The summed E-state index contributed by atoms with van der Waals surface area (Å²) in [6.07, 6.45) is -0.338. The van der Waals surface area contributed by atoms with Gasteiger partial charge in [-0.3, -0.25) is 0 Å². The van der Waals surface area contributed by atoms with Crippen LogP contribution in [0, 0.1) is 0 Å². The zero-order chi connectivity index (χ0) is 17.9. The SMILES string of the molecule is COc1ccc(NSc2cnn(-c3ccc(C(F)(F)F)cn3)c2)cc1. The number of hydrogen-bond acceptors (Lipinski definition) is 5. The molecule has 0 bridgehead atoms. The number of pyridine rings is 1. The molecular weight excluding hydrogens is 353 g/mol. The number of nitrogens with zero attached hydrogens (tertiary/aromatic N) is 3. The van der Waals surface area contributed by atoms with Crippen molar-refractivity contribution in [3.63, 3.8) is 0 Å². The lowest BCUT2D eigenvalue weighted by atomic mass is 10.3. The van der Waals surface area contributed by atoms with E-state index in [1.165, 1.54) is 22.7 Å². The van der Waals surface area contributed by atoms with E-state index in [9.17, 15) is 13.2 Å². The summed E-state index contributed by atoms with van der Waals surface area (Å²) >= 11 is 1.33. The van der Waals surface area contributed by atoms with Gasteiger partial charge in [0.05, 0.1) is 23.8 Å². The van der Waals surface area contributed by atoms with E-state index in [4.69, 9.17) is 4.74 Å². The molecule has 2 aromatic heterocycles. The molecule has 5 nitrogen and oxygen atoms in total. The number of hydrogen-bond donors (Lipinski definition) is 1. The lowest BCUT2D eigenvalue weighted by Crippen LogP contribution is -2.06. The predicted octanol–water partition coefficient (Wildman–Crippen LogP) is 4.41. The maximum absolute atomic E-state index is 12.6. The summed E-state index contributed by atoms with van der Waals surface area (Å²) in [6, 6.07) is 9.66. The molecule has 0 spiro atoms. The zero-order valence-corrected chi connectivity index (χ0v) is 13.8. The molecule has 0 aliphatic rings. The van der Waals surface area contributed by atoms with E-state index < -0.39 is 11.7 Å². The van der Waals surface area contributed by atoms with Gasteiger partial charge in [0.1, 0.15) is 5.75 Å². The van der Waals surface area contributed by atoms with Crippen LogP contribution in [0.2, 0.25) is 0 Å². The topological polar surface area (TPSA) is 52.0 Å². The molecule has 0 saturated carbocycles. The summed E-state index contributed by atoms with van der Waals surface area (Å²) in [4.78, 5) is 4.59. The van der Waals surface area contributed by atoms with Crippen LogP contribution in [0.5, 0.6) is 5.75 Å². The smallest absolute Gasteiger partial charge is 0.417 e. The molecular formula is C16H13F3N4OS. The lowest BCUT2D eigenvalue weighted by Gasteiger charge is -2.06. The molecule has 0 aliphatic heterocycles. The highest BCUT2D eigenvalue weighted by Gasteiger charge is 2.30. The van der Waals surface area contributed by atoms with Crippen LogP contribution in [0.25, 0.3) is 5.82 Å². The van der Waals surface area contributed by atoms with Gasteiger partial charge in [0, 0.05) is 18.1 Å². The molecule has 2 heterocycles. The van der Waals surface area contributed by atoms with Crippen LogP contribution in [0.15, 0.2) is 59.9 Å². The van der Waals surface area contributed by atoms with Crippen LogP contribution in [-0.4, -0.2) is 21.9 Å². The molecule has 0 saturated heterocycles. The molecule has 0 aliphatic carbocycles. The largest absolute Gasteiger partial charge is 0.497 e. The second kappa shape index (κ2) is 7.06. The molecule has 9 heteroatoms. The standard InChI is InChI=1S/C16H13F3N4OS/c1-24-13-5-3-12(4-6-13)22-25-14-9-21-23(10-14)15-7-2-11(8-20-15)16(17,18)19/h2-10,22H,1H3. The number of alkyl halides is 3. The number of methoxy groups -OCH3 is 1. The van der Waals surface area contributed by atoms with Gasteiger partial charge < -0.3 is 9.46 Å². The van der Waals surface area contributed by atoms with Gasteiger partial charge in [-0.25, -0.2) is 9.67 Å². The highest BCUT2D eigenvalue weighted by Crippen LogP contribution is 2.29. The van der Waals surface area contributed by atoms with Gasteiger partial charge >= 0.3 is 6.18 Å². The van der Waals surface area contributed by atoms with Crippen molar-refractivity contribution in [2.45, 2.75) is 11.1 Å². The first-order valence-electron chi connectivity index (χ1n) is 7.11. The van der Waals surface area contributed by atoms with Crippen molar-refractivity contribution in [1.29, 1.82) is 0 Å². The summed E-state index contributed by atoms with van der Waals surface area (Å²) in [7, 11) is 1.60. The fourth-order valence-electron chi connectivity index (χ4n) is 1.95. The third-order valence-electron chi connectivity index (χ3n) is 3.25. The fraction of sp³-hybridized carbons (Fsp3) is 0.125. The number of ether oxygens (including phenoxy) is 1. The second-order valence-corrected chi connectivity index (χ2v) is 5.84. The van der Waals surface area contributed by atoms with Crippen LogP contribution in [0.4, 0.5) is 18.9 Å². The fourth-order valence-corrected chi connectivity index (χ4v) is 2.57. The van der Waals surface area contributed by atoms with E-state index >= 15 is 0 Å². The molecule has 25 heavy (non-hydrogen) atoms. The lowest BCUT2D eigenvalue weighted by molar-refractivity contribution is -0.137. The Morgan fingerprint density at radius 3 is 2.44 bits per heavy atom. The van der Waals surface area contributed by atoms with E-state index in [1.54, 1.807) is 19.5 Å². The summed E-state index contributed by atoms with van der Waals surface area (Å²) in [6.45, 7) is 0. The minimum absolute atomic E-state index is 0.310. The third-order valence-corrected chi connectivity index (χ3v) is 4.03. The summed E-state index contributed by atoms with van der Waals surface area (Å²) in [5.41, 5.74) is 0.0883. The Morgan fingerprint density at radius 1 is 1.08 bits per heavy atom. The molecule has 0 atom stereocenters. The van der Waals surface area contributed by atoms with Crippen molar-refractivity contribution in [3.05, 3.63) is 60.6 Å². The minimum Gasteiger partial charge on any atom is -0.497 e. The first-order valence-corrected chi connectivity index (χ1v) is 7.92. The van der Waals surface area contributed by atoms with Gasteiger partial charge in [0.25, 0.3) is 0 Å². The van der Waals surface area contributed by atoms with Crippen molar-refractivity contribution in [3.8, 4) is 11.6 Å². The number of halogens is 3. The number of anilines is 1. The molecule has 0 radical (unpaired) electrons. The Labute approximate surface area is 146 Å². The highest BCUT2D eigenvalue weighted by molar-refractivity contribution is 8.00. The average molecular weight is 366 g/mol. The van der Waals surface area contributed by atoms with Gasteiger partial charge in [0.15, 0.2) is 5.82 Å². The highest BCUT2D eigenvalue weighted by atomic mass is 32.2. The Bertz CT molecular complexity index is 832. The van der Waals surface area contributed by atoms with Gasteiger partial charge in [0.2, 0.25) is 0 Å². The third kappa shape index (κ3) is 4.24. The van der Waals surface area contributed by atoms with E-state index in [2.05, 4.69) is 14.8 Å². The van der Waals surface area contributed by atoms with Crippen LogP contribution in [0.3, 0.4) is 0 Å². The van der Waals surface area contributed by atoms with Gasteiger partial charge in [-0.05, 0) is 48.3 Å². The predicted molar refractivity (Wildman–Crippen MR) is 88.8 cm³/mol. The van der Waals surface area contributed by atoms with E-state index in [0.717, 1.165) is 28.6 Å². The molecule has 3 rings (SSSR count). The minimum atomic E-state index is -4.40. The summed E-state index contributed by atoms with van der Waals surface area (Å²) in [5.74, 6) is 1.07. The molecule has 0 fully saturated rings. The normalized spacial score (nSPS) is 11.4. The molecule has 3 aromatic rings. The first-order chi connectivity index (χ1) is 12.0. The zero-order valence-electron chi connectivity index (χ0n) is 13.0. The van der Waals surface area contributed by atoms with Gasteiger partial charge in [-0.15, -0.1) is 0 Å². The van der Waals surface area contributed by atoms with Gasteiger partial charge in [-0.1, -0.05) is 0 Å².